The molecule has 4 rings (SSSR count). The Hall–Kier alpha value is -4.38. The average molecular weight is 497 g/mol. The summed E-state index contributed by atoms with van der Waals surface area (Å²) in [6, 6.07) is 16.8. The van der Waals surface area contributed by atoms with Gasteiger partial charge in [-0.1, -0.05) is 24.3 Å². The summed E-state index contributed by atoms with van der Waals surface area (Å²) in [6.07, 6.45) is 2.30. The van der Waals surface area contributed by atoms with Crippen LogP contribution in [-0.2, 0) is 4.79 Å². The van der Waals surface area contributed by atoms with Gasteiger partial charge in [0.05, 0.1) is 39.6 Å². The molecule has 1 heterocycles. The number of rotatable bonds is 8. The third kappa shape index (κ3) is 5.41. The van der Waals surface area contributed by atoms with E-state index in [9.17, 15) is 23.7 Å². The van der Waals surface area contributed by atoms with Gasteiger partial charge in [-0.05, 0) is 36.4 Å². The Kier molecular flexibility index (Phi) is 6.97. The van der Waals surface area contributed by atoms with Gasteiger partial charge in [-0.2, -0.15) is 8.78 Å². The van der Waals surface area contributed by atoms with Crippen LogP contribution in [0.4, 0.5) is 20.2 Å². The number of nitro benzene ring substituents is 1. The first-order chi connectivity index (χ1) is 16.9. The number of para-hydroxylation sites is 2. The lowest BCUT2D eigenvalue weighted by molar-refractivity contribution is -0.385. The van der Waals surface area contributed by atoms with Crippen molar-refractivity contribution < 1.29 is 28.0 Å². The molecule has 8 nitrogen and oxygen atoms in total. The quantitative estimate of drug-likeness (QED) is 0.178. The van der Waals surface area contributed by atoms with Gasteiger partial charge in [-0.3, -0.25) is 14.9 Å². The smallest absolute Gasteiger partial charge is 0.387 e. The van der Waals surface area contributed by atoms with E-state index >= 15 is 0 Å². The Morgan fingerprint density at radius 3 is 2.60 bits per heavy atom. The molecule has 1 amide bonds. The zero-order valence-electron chi connectivity index (χ0n) is 18.1. The summed E-state index contributed by atoms with van der Waals surface area (Å²) < 4.78 is 35.5. The standard InChI is InChI=1S/C24H17F2N3O5S/c1-33-19-12-14(18(29(31)32)13-20(19)34-24(25)26)10-11-22(30)27-16-7-3-2-6-15(16)23-28-17-8-4-5-9-21(17)35-23/h2-13,24H,1H3,(H,27,30)/b11-10+. The number of nitrogens with one attached hydrogen (secondary N) is 1. The van der Waals surface area contributed by atoms with Crippen molar-refractivity contribution in [1.82, 2.24) is 4.98 Å². The first-order valence-corrected chi connectivity index (χ1v) is 10.9. The number of ether oxygens (including phenoxy) is 2. The van der Waals surface area contributed by atoms with Crippen molar-refractivity contribution in [3.05, 3.63) is 82.4 Å². The first kappa shape index (κ1) is 23.8. The van der Waals surface area contributed by atoms with Crippen LogP contribution in [0, 0.1) is 10.1 Å². The molecule has 0 saturated heterocycles. The molecule has 4 aromatic rings. The van der Waals surface area contributed by atoms with Gasteiger partial charge < -0.3 is 14.8 Å². The average Bonchev–Trinajstić information content (AvgIpc) is 3.27. The van der Waals surface area contributed by atoms with Gasteiger partial charge in [-0.25, -0.2) is 4.98 Å². The topological polar surface area (TPSA) is 104 Å². The number of aromatic nitrogens is 1. The third-order valence-corrected chi connectivity index (χ3v) is 5.92. The summed E-state index contributed by atoms with van der Waals surface area (Å²) in [5.74, 6) is -1.18. The van der Waals surface area contributed by atoms with Crippen molar-refractivity contribution in [3.8, 4) is 22.1 Å². The number of alkyl halides is 2. The molecular formula is C24H17F2N3O5S. The van der Waals surface area contributed by atoms with Crippen molar-refractivity contribution in [2.45, 2.75) is 6.61 Å². The van der Waals surface area contributed by atoms with E-state index in [4.69, 9.17) is 4.74 Å². The number of amides is 1. The number of methoxy groups -OCH3 is 1. The Morgan fingerprint density at radius 1 is 1.14 bits per heavy atom. The number of halogens is 2. The molecule has 0 aliphatic rings. The molecule has 0 aliphatic carbocycles. The van der Waals surface area contributed by atoms with Crippen molar-refractivity contribution in [2.75, 3.05) is 12.4 Å². The summed E-state index contributed by atoms with van der Waals surface area (Å²) in [5, 5.41) is 14.9. The first-order valence-electron chi connectivity index (χ1n) is 10.1. The van der Waals surface area contributed by atoms with Crippen LogP contribution in [-0.4, -0.2) is 29.5 Å². The molecule has 3 aromatic carbocycles. The highest BCUT2D eigenvalue weighted by Gasteiger charge is 2.21. The van der Waals surface area contributed by atoms with Gasteiger partial charge in [0.25, 0.3) is 5.69 Å². The molecule has 0 bridgehead atoms. The van der Waals surface area contributed by atoms with Gasteiger partial charge >= 0.3 is 6.61 Å². The van der Waals surface area contributed by atoms with E-state index in [1.165, 1.54) is 24.5 Å². The van der Waals surface area contributed by atoms with E-state index < -0.39 is 28.9 Å². The Bertz CT molecular complexity index is 1400. The molecule has 0 unspecified atom stereocenters. The zero-order valence-corrected chi connectivity index (χ0v) is 18.9. The number of hydrogen-bond acceptors (Lipinski definition) is 7. The number of nitrogens with zero attached hydrogens (tertiary/aromatic N) is 2. The Morgan fingerprint density at radius 2 is 1.89 bits per heavy atom. The monoisotopic (exact) mass is 497 g/mol. The fourth-order valence-electron chi connectivity index (χ4n) is 3.31. The van der Waals surface area contributed by atoms with Gasteiger partial charge in [-0.15, -0.1) is 11.3 Å². The number of anilines is 1. The number of hydrogen-bond donors (Lipinski definition) is 1. The molecule has 1 N–H and O–H groups in total. The normalized spacial score (nSPS) is 11.2. The van der Waals surface area contributed by atoms with E-state index in [1.54, 1.807) is 12.1 Å². The fraction of sp³-hybridized carbons (Fsp3) is 0.0833. The molecule has 1 aromatic heterocycles. The van der Waals surface area contributed by atoms with Crippen molar-refractivity contribution >= 4 is 44.9 Å². The van der Waals surface area contributed by atoms with Gasteiger partial charge in [0, 0.05) is 11.6 Å². The number of thiazole rings is 1. The van der Waals surface area contributed by atoms with E-state index in [0.717, 1.165) is 39.0 Å². The zero-order chi connectivity index (χ0) is 24.9. The fourth-order valence-corrected chi connectivity index (χ4v) is 4.32. The summed E-state index contributed by atoms with van der Waals surface area (Å²) in [5.41, 5.74) is 1.52. The van der Waals surface area contributed by atoms with Crippen LogP contribution < -0.4 is 14.8 Å². The molecule has 0 saturated carbocycles. The van der Waals surface area contributed by atoms with Crippen LogP contribution >= 0.6 is 11.3 Å². The van der Waals surface area contributed by atoms with E-state index in [0.29, 0.717) is 5.69 Å². The minimum atomic E-state index is -3.19. The number of fused-ring (bicyclic) bond motifs is 1. The molecule has 0 spiro atoms. The van der Waals surface area contributed by atoms with Gasteiger partial charge in [0.15, 0.2) is 11.5 Å². The van der Waals surface area contributed by atoms with Crippen molar-refractivity contribution in [1.29, 1.82) is 0 Å². The highest BCUT2D eigenvalue weighted by atomic mass is 32.1. The molecule has 0 aliphatic heterocycles. The van der Waals surface area contributed by atoms with Crippen LogP contribution in [0.3, 0.4) is 0 Å². The van der Waals surface area contributed by atoms with Crippen molar-refractivity contribution in [3.63, 3.8) is 0 Å². The summed E-state index contributed by atoms with van der Waals surface area (Å²) in [7, 11) is 1.21. The van der Waals surface area contributed by atoms with E-state index in [1.807, 2.05) is 36.4 Å². The molecule has 0 atom stereocenters. The molecule has 178 valence electrons. The van der Waals surface area contributed by atoms with Crippen LogP contribution in [0.15, 0.2) is 66.7 Å². The SMILES string of the molecule is COc1cc(/C=C/C(=O)Nc2ccccc2-c2nc3ccccc3s2)c([N+](=O)[O-])cc1OC(F)F. The maximum absolute atomic E-state index is 12.6. The maximum Gasteiger partial charge on any atom is 0.387 e. The highest BCUT2D eigenvalue weighted by Crippen LogP contribution is 2.37. The van der Waals surface area contributed by atoms with Crippen molar-refractivity contribution in [2.24, 2.45) is 0 Å². The van der Waals surface area contributed by atoms with Gasteiger partial charge in [0.2, 0.25) is 5.91 Å². The molecule has 35 heavy (non-hydrogen) atoms. The van der Waals surface area contributed by atoms with E-state index in [-0.39, 0.29) is 11.3 Å². The molecule has 11 heteroatoms. The minimum Gasteiger partial charge on any atom is -0.493 e. The van der Waals surface area contributed by atoms with Crippen LogP contribution in [0.1, 0.15) is 5.56 Å². The second kappa shape index (κ2) is 10.3. The number of nitro groups is 1. The predicted molar refractivity (Wildman–Crippen MR) is 129 cm³/mol. The summed E-state index contributed by atoms with van der Waals surface area (Å²) in [4.78, 5) is 28.0. The van der Waals surface area contributed by atoms with Crippen LogP contribution in [0.2, 0.25) is 0 Å². The summed E-state index contributed by atoms with van der Waals surface area (Å²) in [6.45, 7) is -3.19. The minimum absolute atomic E-state index is 0.0249. The van der Waals surface area contributed by atoms with Crippen LogP contribution in [0.5, 0.6) is 11.5 Å². The lowest BCUT2D eigenvalue weighted by atomic mass is 10.1. The van der Waals surface area contributed by atoms with Crippen LogP contribution in [0.25, 0.3) is 26.9 Å². The molecule has 0 fully saturated rings. The largest absolute Gasteiger partial charge is 0.493 e. The number of carbonyl (C=O) groups excluding carboxylic acids is 1. The Labute approximate surface area is 201 Å². The Balaban J connectivity index is 1.60. The lowest BCUT2D eigenvalue weighted by Crippen LogP contribution is -2.09. The predicted octanol–water partition coefficient (Wildman–Crippen LogP) is 6.13. The van der Waals surface area contributed by atoms with E-state index in [2.05, 4.69) is 15.0 Å². The maximum atomic E-state index is 12.6. The lowest BCUT2D eigenvalue weighted by Gasteiger charge is -2.11. The second-order valence-electron chi connectivity index (χ2n) is 7.05. The van der Waals surface area contributed by atoms with Gasteiger partial charge in [0.1, 0.15) is 5.01 Å². The highest BCUT2D eigenvalue weighted by molar-refractivity contribution is 7.21. The molecule has 0 radical (unpaired) electrons. The summed E-state index contributed by atoms with van der Waals surface area (Å²) >= 11 is 1.48. The molecular weight excluding hydrogens is 480 g/mol. The second-order valence-corrected chi connectivity index (χ2v) is 8.08. The number of benzene rings is 3. The number of carbonyl (C=O) groups is 1. The third-order valence-electron chi connectivity index (χ3n) is 4.85.